The van der Waals surface area contributed by atoms with Gasteiger partial charge in [-0.1, -0.05) is 0 Å². The molecule has 204 valence electrons. The lowest BCUT2D eigenvalue weighted by Gasteiger charge is -2.35. The summed E-state index contributed by atoms with van der Waals surface area (Å²) >= 11 is 0. The fourth-order valence-electron chi connectivity index (χ4n) is 4.43. The average molecular weight is 519 g/mol. The quantitative estimate of drug-likeness (QED) is 0.302. The first kappa shape index (κ1) is 27.1. The zero-order chi connectivity index (χ0) is 26.4. The largest absolute Gasteiger partial charge is 0.396 e. The molecule has 0 bridgehead atoms. The Labute approximate surface area is 216 Å². The van der Waals surface area contributed by atoms with Gasteiger partial charge in [0.25, 0.3) is 0 Å². The molecular formula is C23H38N10O4. The molecule has 0 aromatic carbocycles. The fraction of sp³-hybridized carbons (Fsp3) is 0.739. The molecule has 5 heterocycles. The minimum absolute atomic E-state index is 0.0115. The first-order valence-electron chi connectivity index (χ1n) is 12.6. The third kappa shape index (κ3) is 6.69. The van der Waals surface area contributed by atoms with Gasteiger partial charge in [0.05, 0.1) is 25.9 Å². The number of rotatable bonds is 8. The van der Waals surface area contributed by atoms with Gasteiger partial charge in [0.2, 0.25) is 0 Å². The number of hydrogen-bond donors (Lipinski definition) is 4. The van der Waals surface area contributed by atoms with Crippen molar-refractivity contribution < 1.29 is 19.7 Å². The van der Waals surface area contributed by atoms with Crippen molar-refractivity contribution in [1.29, 1.82) is 0 Å². The van der Waals surface area contributed by atoms with Crippen LogP contribution in [0.15, 0.2) is 30.0 Å². The van der Waals surface area contributed by atoms with Gasteiger partial charge in [-0.3, -0.25) is 9.98 Å². The van der Waals surface area contributed by atoms with Crippen LogP contribution in [0.2, 0.25) is 0 Å². The fourth-order valence-corrected chi connectivity index (χ4v) is 4.43. The van der Waals surface area contributed by atoms with E-state index >= 15 is 0 Å². The predicted molar refractivity (Wildman–Crippen MR) is 142 cm³/mol. The van der Waals surface area contributed by atoms with Crippen LogP contribution in [-0.4, -0.2) is 127 Å². The molecule has 4 atom stereocenters. The number of aliphatic hydroxyl groups is 2. The van der Waals surface area contributed by atoms with E-state index in [1.165, 1.54) is 12.7 Å². The lowest BCUT2D eigenvalue weighted by atomic mass is 10.1. The molecule has 14 heteroatoms. The Balaban J connectivity index is 0.000000176. The molecule has 5 rings (SSSR count). The molecule has 4 unspecified atom stereocenters. The van der Waals surface area contributed by atoms with Crippen LogP contribution >= 0.6 is 0 Å². The molecular weight excluding hydrogens is 480 g/mol. The molecule has 37 heavy (non-hydrogen) atoms. The Hall–Kier alpha value is -2.94. The number of fused-ring (bicyclic) bond motifs is 2. The number of nitrogens with zero attached hydrogens (tertiary/aromatic N) is 8. The standard InChI is InChI=1S/C13H21N5O2.C10H17N5O2/c1-13(2)19-5-9(6-20-13)3-4-18-8-17-10-11(14)15-7-16-12(10)18;11-9-8-10(13-5-12-9)15(6-14-8)2-1-7(3-16)4-17/h7-10,12H,3-6H2,1-2H3,(H2,14,15,16);5-8,10,16-17H,1-4H2,(H2,11,12,13). The maximum absolute atomic E-state index is 8.99. The molecule has 0 aliphatic carbocycles. The Morgan fingerprint density at radius 2 is 1.41 bits per heavy atom. The van der Waals surface area contributed by atoms with Crippen LogP contribution in [0.5, 0.6) is 0 Å². The van der Waals surface area contributed by atoms with Crippen LogP contribution in [0.4, 0.5) is 0 Å². The van der Waals surface area contributed by atoms with Gasteiger partial charge in [-0.25, -0.2) is 20.0 Å². The topological polar surface area (TPSA) is 192 Å². The minimum atomic E-state index is -0.449. The Morgan fingerprint density at radius 3 is 1.92 bits per heavy atom. The number of aliphatic hydroxyl groups excluding tert-OH is 2. The molecule has 1 fully saturated rings. The van der Waals surface area contributed by atoms with Crippen molar-refractivity contribution in [3.05, 3.63) is 0 Å². The van der Waals surface area contributed by atoms with Crippen molar-refractivity contribution in [2.75, 3.05) is 39.5 Å². The van der Waals surface area contributed by atoms with Crippen LogP contribution in [0.25, 0.3) is 0 Å². The maximum Gasteiger partial charge on any atom is 0.162 e. The van der Waals surface area contributed by atoms with Crippen molar-refractivity contribution >= 4 is 37.0 Å². The van der Waals surface area contributed by atoms with Crippen molar-refractivity contribution in [2.24, 2.45) is 53.3 Å². The highest BCUT2D eigenvalue weighted by Crippen LogP contribution is 2.24. The van der Waals surface area contributed by atoms with Crippen molar-refractivity contribution in [2.45, 2.75) is 56.9 Å². The van der Waals surface area contributed by atoms with E-state index in [2.05, 4.69) is 34.9 Å². The lowest BCUT2D eigenvalue weighted by molar-refractivity contribution is -0.262. The third-order valence-corrected chi connectivity index (χ3v) is 6.89. The summed E-state index contributed by atoms with van der Waals surface area (Å²) in [7, 11) is 0. The number of ether oxygens (including phenoxy) is 2. The molecule has 14 nitrogen and oxygen atoms in total. The van der Waals surface area contributed by atoms with Gasteiger partial charge in [0.1, 0.15) is 36.4 Å². The van der Waals surface area contributed by atoms with Gasteiger partial charge < -0.3 is 41.0 Å². The van der Waals surface area contributed by atoms with Gasteiger partial charge in [-0.2, -0.15) is 0 Å². The van der Waals surface area contributed by atoms with Crippen LogP contribution in [-0.2, 0) is 9.47 Å². The second kappa shape index (κ2) is 12.1. The van der Waals surface area contributed by atoms with Crippen molar-refractivity contribution in [1.82, 2.24) is 9.80 Å². The summed E-state index contributed by atoms with van der Waals surface area (Å²) in [6.45, 7) is 6.89. The third-order valence-electron chi connectivity index (χ3n) is 6.89. The van der Waals surface area contributed by atoms with Crippen molar-refractivity contribution in [3.63, 3.8) is 0 Å². The van der Waals surface area contributed by atoms with E-state index in [0.29, 0.717) is 30.6 Å². The Morgan fingerprint density at radius 1 is 0.892 bits per heavy atom. The van der Waals surface area contributed by atoms with E-state index < -0.39 is 5.79 Å². The zero-order valence-electron chi connectivity index (χ0n) is 21.4. The molecule has 5 aliphatic rings. The maximum atomic E-state index is 8.99. The monoisotopic (exact) mass is 518 g/mol. The van der Waals surface area contributed by atoms with Gasteiger partial charge in [-0.05, 0) is 26.7 Å². The normalized spacial score (nSPS) is 29.6. The number of aliphatic imine (C=N–C) groups is 6. The number of amidine groups is 2. The Kier molecular flexibility index (Phi) is 8.84. The second-order valence-corrected chi connectivity index (χ2v) is 10.1. The predicted octanol–water partition coefficient (Wildman–Crippen LogP) is -1.37. The van der Waals surface area contributed by atoms with Crippen LogP contribution in [0.3, 0.4) is 0 Å². The second-order valence-electron chi connectivity index (χ2n) is 10.1. The molecule has 0 aromatic rings. The molecule has 0 saturated carbocycles. The first-order chi connectivity index (χ1) is 17.8. The zero-order valence-corrected chi connectivity index (χ0v) is 21.4. The molecule has 1 saturated heterocycles. The average Bonchev–Trinajstić information content (AvgIpc) is 3.50. The summed E-state index contributed by atoms with van der Waals surface area (Å²) in [6.07, 6.45) is 8.04. The number of nitrogens with two attached hydrogens (primary N) is 2. The van der Waals surface area contributed by atoms with E-state index in [9.17, 15) is 0 Å². The molecule has 0 radical (unpaired) electrons. The SMILES string of the molecule is CC1(C)OCC(CCN2C=NC3C(N)=NC=NC32)CO1.NC1=NC=NC2C1N=CN2CCC(CO)CO. The summed E-state index contributed by atoms with van der Waals surface area (Å²) in [5.41, 5.74) is 11.6. The van der Waals surface area contributed by atoms with Gasteiger partial charge >= 0.3 is 0 Å². The highest BCUT2D eigenvalue weighted by Gasteiger charge is 2.36. The van der Waals surface area contributed by atoms with Gasteiger partial charge in [-0.15, -0.1) is 0 Å². The molecule has 0 amide bonds. The molecule has 5 aliphatic heterocycles. The number of hydrogen-bond acceptors (Lipinski definition) is 14. The van der Waals surface area contributed by atoms with E-state index in [4.69, 9.17) is 31.2 Å². The highest BCUT2D eigenvalue weighted by molar-refractivity contribution is 5.96. The van der Waals surface area contributed by atoms with E-state index in [-0.39, 0.29) is 43.5 Å². The summed E-state index contributed by atoms with van der Waals surface area (Å²) in [5, 5.41) is 18.0. The molecule has 0 spiro atoms. The molecule has 0 aromatic heterocycles. The highest BCUT2D eigenvalue weighted by atomic mass is 16.7. The molecule has 6 N–H and O–H groups in total. The van der Waals surface area contributed by atoms with Crippen LogP contribution in [0, 0.1) is 11.8 Å². The summed E-state index contributed by atoms with van der Waals surface area (Å²) in [5.74, 6) is 0.879. The van der Waals surface area contributed by atoms with Gasteiger partial charge in [0, 0.05) is 38.1 Å². The van der Waals surface area contributed by atoms with E-state index in [1.54, 1.807) is 6.34 Å². The van der Waals surface area contributed by atoms with E-state index in [0.717, 1.165) is 26.2 Å². The lowest BCUT2D eigenvalue weighted by Crippen LogP contribution is -2.45. The van der Waals surface area contributed by atoms with E-state index in [1.807, 2.05) is 25.1 Å². The van der Waals surface area contributed by atoms with Gasteiger partial charge in [0.15, 0.2) is 18.1 Å². The summed E-state index contributed by atoms with van der Waals surface area (Å²) in [4.78, 5) is 29.2. The van der Waals surface area contributed by atoms with Crippen LogP contribution in [0.1, 0.15) is 26.7 Å². The summed E-state index contributed by atoms with van der Waals surface area (Å²) in [6, 6.07) is -0.320. The summed E-state index contributed by atoms with van der Waals surface area (Å²) < 4.78 is 11.3. The van der Waals surface area contributed by atoms with Crippen molar-refractivity contribution in [3.8, 4) is 0 Å². The smallest absolute Gasteiger partial charge is 0.162 e. The Bertz CT molecular complexity index is 951. The van der Waals surface area contributed by atoms with Crippen LogP contribution < -0.4 is 11.5 Å². The first-order valence-corrected chi connectivity index (χ1v) is 12.6. The minimum Gasteiger partial charge on any atom is -0.396 e.